The first-order chi connectivity index (χ1) is 15.7. The highest BCUT2D eigenvalue weighted by Gasteiger charge is 2.12. The van der Waals surface area contributed by atoms with Gasteiger partial charge >= 0.3 is 0 Å². The van der Waals surface area contributed by atoms with Crippen molar-refractivity contribution in [3.05, 3.63) is 96.4 Å². The standard InChI is InChI=1S/C25H16FN3O3/c26-18-3-1-2-16(10-18)14-31-19-6-4-17(5-7-19)25-21-11-22(24-9-8-20(13-30)32-24)27-12-23(21)28-15-29-25/h1-13,15H,14H2. The average molecular weight is 425 g/mol. The summed E-state index contributed by atoms with van der Waals surface area (Å²) >= 11 is 0. The van der Waals surface area contributed by atoms with Gasteiger partial charge in [-0.2, -0.15) is 0 Å². The maximum atomic E-state index is 13.3. The summed E-state index contributed by atoms with van der Waals surface area (Å²) in [6.45, 7) is 0.272. The number of aromatic nitrogens is 3. The van der Waals surface area contributed by atoms with E-state index in [-0.39, 0.29) is 18.2 Å². The predicted octanol–water partition coefficient (Wildman–Crippen LogP) is 5.48. The van der Waals surface area contributed by atoms with Gasteiger partial charge in [-0.15, -0.1) is 0 Å². The second-order valence-electron chi connectivity index (χ2n) is 7.07. The quantitative estimate of drug-likeness (QED) is 0.335. The van der Waals surface area contributed by atoms with Crippen LogP contribution >= 0.6 is 0 Å². The number of carbonyl (C=O) groups excluding carboxylic acids is 1. The predicted molar refractivity (Wildman–Crippen MR) is 117 cm³/mol. The normalized spacial score (nSPS) is 10.9. The number of pyridine rings is 1. The zero-order valence-electron chi connectivity index (χ0n) is 16.7. The van der Waals surface area contributed by atoms with Crippen LogP contribution < -0.4 is 4.74 Å². The Bertz CT molecular complexity index is 1410. The summed E-state index contributed by atoms with van der Waals surface area (Å²) in [4.78, 5) is 24.1. The molecule has 2 aromatic carbocycles. The molecule has 0 saturated carbocycles. The number of furan rings is 1. The van der Waals surface area contributed by atoms with Gasteiger partial charge in [-0.3, -0.25) is 9.78 Å². The Balaban J connectivity index is 1.43. The molecule has 3 aromatic heterocycles. The van der Waals surface area contributed by atoms with Crippen LogP contribution in [0.15, 0.2) is 83.7 Å². The monoisotopic (exact) mass is 425 g/mol. The summed E-state index contributed by atoms with van der Waals surface area (Å²) in [5.74, 6) is 1.10. The summed E-state index contributed by atoms with van der Waals surface area (Å²) in [5.41, 5.74) is 3.63. The van der Waals surface area contributed by atoms with E-state index >= 15 is 0 Å². The number of ether oxygens (including phenoxy) is 1. The van der Waals surface area contributed by atoms with E-state index < -0.39 is 0 Å². The molecule has 0 aliphatic carbocycles. The minimum absolute atomic E-state index is 0.236. The van der Waals surface area contributed by atoms with Crippen molar-refractivity contribution in [3.8, 4) is 28.5 Å². The number of halogens is 1. The Morgan fingerprint density at radius 3 is 2.62 bits per heavy atom. The van der Waals surface area contributed by atoms with Gasteiger partial charge in [0.1, 0.15) is 30.2 Å². The molecule has 5 rings (SSSR count). The number of nitrogens with zero attached hydrogens (tertiary/aromatic N) is 3. The third-order valence-electron chi connectivity index (χ3n) is 4.94. The molecule has 0 spiro atoms. The number of carbonyl (C=O) groups is 1. The average Bonchev–Trinajstić information content (AvgIpc) is 3.32. The van der Waals surface area contributed by atoms with Crippen LogP contribution in [0, 0.1) is 5.82 Å². The fourth-order valence-corrected chi connectivity index (χ4v) is 3.38. The summed E-state index contributed by atoms with van der Waals surface area (Å²) in [6.07, 6.45) is 3.79. The van der Waals surface area contributed by atoms with Crippen molar-refractivity contribution in [2.24, 2.45) is 0 Å². The van der Waals surface area contributed by atoms with Gasteiger partial charge in [0.15, 0.2) is 17.8 Å². The van der Waals surface area contributed by atoms with Gasteiger partial charge < -0.3 is 9.15 Å². The molecule has 0 bridgehead atoms. The number of rotatable bonds is 6. The molecule has 0 saturated heterocycles. The van der Waals surface area contributed by atoms with Gasteiger partial charge in [0.25, 0.3) is 0 Å². The molecule has 6 nitrogen and oxygen atoms in total. The van der Waals surface area contributed by atoms with Crippen molar-refractivity contribution in [1.29, 1.82) is 0 Å². The van der Waals surface area contributed by atoms with Crippen LogP contribution in [0.3, 0.4) is 0 Å². The number of hydrogen-bond donors (Lipinski definition) is 0. The van der Waals surface area contributed by atoms with E-state index in [2.05, 4.69) is 15.0 Å². The largest absolute Gasteiger partial charge is 0.489 e. The Morgan fingerprint density at radius 2 is 1.84 bits per heavy atom. The molecule has 0 unspecified atom stereocenters. The third kappa shape index (κ3) is 3.96. The minimum atomic E-state index is -0.289. The Labute approximate surface area is 182 Å². The van der Waals surface area contributed by atoms with E-state index in [0.29, 0.717) is 29.0 Å². The van der Waals surface area contributed by atoms with Crippen molar-refractivity contribution < 1.29 is 18.3 Å². The summed E-state index contributed by atoms with van der Waals surface area (Å²) < 4.78 is 24.6. The molecule has 0 atom stereocenters. The Kier molecular flexibility index (Phi) is 5.13. The van der Waals surface area contributed by atoms with E-state index in [0.717, 1.165) is 22.2 Å². The molecular weight excluding hydrogens is 409 g/mol. The molecule has 0 fully saturated rings. The van der Waals surface area contributed by atoms with Crippen LogP contribution in [0.4, 0.5) is 4.39 Å². The fourth-order valence-electron chi connectivity index (χ4n) is 3.38. The fraction of sp³-hybridized carbons (Fsp3) is 0.0400. The summed E-state index contributed by atoms with van der Waals surface area (Å²) in [7, 11) is 0. The van der Waals surface area contributed by atoms with E-state index in [1.54, 1.807) is 24.4 Å². The summed E-state index contributed by atoms with van der Waals surface area (Å²) in [6, 6.07) is 18.9. The van der Waals surface area contributed by atoms with Gasteiger partial charge in [0.05, 0.1) is 17.4 Å². The number of hydrogen-bond acceptors (Lipinski definition) is 6. The molecular formula is C25H16FN3O3. The molecule has 0 aliphatic rings. The molecule has 0 N–H and O–H groups in total. The van der Waals surface area contributed by atoms with E-state index in [1.807, 2.05) is 36.4 Å². The number of fused-ring (bicyclic) bond motifs is 1. The van der Waals surface area contributed by atoms with E-state index in [4.69, 9.17) is 9.15 Å². The molecule has 156 valence electrons. The number of aldehydes is 1. The molecule has 5 aromatic rings. The lowest BCUT2D eigenvalue weighted by atomic mass is 10.1. The lowest BCUT2D eigenvalue weighted by Gasteiger charge is -2.09. The SMILES string of the molecule is O=Cc1ccc(-c2cc3c(-c4ccc(OCc5cccc(F)c5)cc4)ncnc3cn2)o1. The topological polar surface area (TPSA) is 78.1 Å². The Hall–Kier alpha value is -4.39. The van der Waals surface area contributed by atoms with Crippen molar-refractivity contribution in [2.45, 2.75) is 6.61 Å². The first-order valence-electron chi connectivity index (χ1n) is 9.83. The highest BCUT2D eigenvalue weighted by atomic mass is 19.1. The smallest absolute Gasteiger partial charge is 0.185 e. The maximum Gasteiger partial charge on any atom is 0.185 e. The van der Waals surface area contributed by atoms with Crippen molar-refractivity contribution >= 4 is 17.2 Å². The van der Waals surface area contributed by atoms with Crippen LogP contribution in [0.2, 0.25) is 0 Å². The molecule has 0 amide bonds. The van der Waals surface area contributed by atoms with E-state index in [1.165, 1.54) is 18.5 Å². The van der Waals surface area contributed by atoms with Gasteiger partial charge in [0, 0.05) is 10.9 Å². The molecule has 32 heavy (non-hydrogen) atoms. The minimum Gasteiger partial charge on any atom is -0.489 e. The molecule has 0 aliphatic heterocycles. The van der Waals surface area contributed by atoms with Crippen LogP contribution in [0.25, 0.3) is 33.6 Å². The highest BCUT2D eigenvalue weighted by Crippen LogP contribution is 2.30. The first kappa shape index (κ1) is 19.6. The van der Waals surface area contributed by atoms with Crippen LogP contribution in [0.1, 0.15) is 16.1 Å². The maximum absolute atomic E-state index is 13.3. The van der Waals surface area contributed by atoms with Crippen LogP contribution in [0.5, 0.6) is 5.75 Å². The first-order valence-corrected chi connectivity index (χ1v) is 9.83. The molecule has 0 radical (unpaired) electrons. The molecule has 3 heterocycles. The zero-order chi connectivity index (χ0) is 21.9. The van der Waals surface area contributed by atoms with Crippen LogP contribution in [-0.4, -0.2) is 21.2 Å². The summed E-state index contributed by atoms with van der Waals surface area (Å²) in [5, 5.41) is 0.801. The van der Waals surface area contributed by atoms with Crippen molar-refractivity contribution in [1.82, 2.24) is 15.0 Å². The van der Waals surface area contributed by atoms with Gasteiger partial charge in [-0.1, -0.05) is 12.1 Å². The van der Waals surface area contributed by atoms with Gasteiger partial charge in [0.2, 0.25) is 0 Å². The van der Waals surface area contributed by atoms with E-state index in [9.17, 15) is 9.18 Å². The highest BCUT2D eigenvalue weighted by molar-refractivity contribution is 5.93. The van der Waals surface area contributed by atoms with Crippen LogP contribution in [-0.2, 0) is 6.61 Å². The second kappa shape index (κ2) is 8.39. The lowest BCUT2D eigenvalue weighted by Crippen LogP contribution is -1.96. The number of benzene rings is 2. The van der Waals surface area contributed by atoms with Crippen molar-refractivity contribution in [2.75, 3.05) is 0 Å². The van der Waals surface area contributed by atoms with Crippen molar-refractivity contribution in [3.63, 3.8) is 0 Å². The zero-order valence-corrected chi connectivity index (χ0v) is 16.7. The lowest BCUT2D eigenvalue weighted by molar-refractivity contribution is 0.110. The van der Waals surface area contributed by atoms with Gasteiger partial charge in [-0.05, 0) is 60.2 Å². The second-order valence-corrected chi connectivity index (χ2v) is 7.07. The Morgan fingerprint density at radius 1 is 0.969 bits per heavy atom. The molecule has 7 heteroatoms. The third-order valence-corrected chi connectivity index (χ3v) is 4.94. The van der Waals surface area contributed by atoms with Gasteiger partial charge in [-0.25, -0.2) is 14.4 Å².